The van der Waals surface area contributed by atoms with Gasteiger partial charge in [-0.1, -0.05) is 0 Å². The van der Waals surface area contributed by atoms with Crippen LogP contribution < -0.4 is 0 Å². The zero-order chi connectivity index (χ0) is 12.1. The first-order valence-corrected chi connectivity index (χ1v) is 4.68. The summed E-state index contributed by atoms with van der Waals surface area (Å²) in [5.74, 6) is -1.13. The molecule has 1 aromatic rings. The Morgan fingerprint density at radius 2 is 2.25 bits per heavy atom. The number of carbonyl (C=O) groups excluding carboxylic acids is 1. The lowest BCUT2D eigenvalue weighted by molar-refractivity contribution is 0.0523. The van der Waals surface area contributed by atoms with E-state index in [1.807, 2.05) is 0 Å². The van der Waals surface area contributed by atoms with Gasteiger partial charge in [-0.2, -0.15) is 5.26 Å². The van der Waals surface area contributed by atoms with Crippen molar-refractivity contribution in [2.45, 2.75) is 13.5 Å². The first-order valence-electron chi connectivity index (χ1n) is 4.68. The van der Waals surface area contributed by atoms with Crippen molar-refractivity contribution in [3.63, 3.8) is 0 Å². The Morgan fingerprint density at radius 3 is 2.75 bits per heavy atom. The zero-order valence-electron chi connectivity index (χ0n) is 8.73. The zero-order valence-corrected chi connectivity index (χ0v) is 8.73. The van der Waals surface area contributed by atoms with E-state index in [1.165, 1.54) is 12.1 Å². The molecule has 0 heterocycles. The Morgan fingerprint density at radius 1 is 1.56 bits per heavy atom. The molecule has 16 heavy (non-hydrogen) atoms. The summed E-state index contributed by atoms with van der Waals surface area (Å²) in [6.45, 7) is 1.49. The van der Waals surface area contributed by atoms with Gasteiger partial charge in [-0.15, -0.1) is 0 Å². The Balaban J connectivity index is 3.27. The van der Waals surface area contributed by atoms with E-state index in [2.05, 4.69) is 0 Å². The van der Waals surface area contributed by atoms with Crippen molar-refractivity contribution in [3.05, 3.63) is 28.8 Å². The number of ether oxygens (including phenoxy) is 1. The molecule has 0 aliphatic rings. The fourth-order valence-electron chi connectivity index (χ4n) is 1.24. The van der Waals surface area contributed by atoms with E-state index in [0.717, 1.165) is 0 Å². The van der Waals surface area contributed by atoms with E-state index in [4.69, 9.17) is 15.1 Å². The SMILES string of the molecule is CCOC(=O)c1cc(CO)cc(C#N)c1O. The van der Waals surface area contributed by atoms with E-state index in [9.17, 15) is 9.90 Å². The number of esters is 1. The summed E-state index contributed by atoms with van der Waals surface area (Å²) in [6.07, 6.45) is 0. The number of rotatable bonds is 3. The average molecular weight is 221 g/mol. The number of aliphatic hydroxyl groups is 1. The summed E-state index contributed by atoms with van der Waals surface area (Å²) >= 11 is 0. The van der Waals surface area contributed by atoms with Gasteiger partial charge >= 0.3 is 5.97 Å². The second-order valence-electron chi connectivity index (χ2n) is 3.03. The van der Waals surface area contributed by atoms with Crippen LogP contribution in [0.1, 0.15) is 28.4 Å². The Hall–Kier alpha value is -2.06. The van der Waals surface area contributed by atoms with Gasteiger partial charge in [-0.3, -0.25) is 0 Å². The number of aromatic hydroxyl groups is 1. The highest BCUT2D eigenvalue weighted by molar-refractivity contribution is 5.93. The molecule has 5 heteroatoms. The van der Waals surface area contributed by atoms with E-state index < -0.39 is 11.7 Å². The van der Waals surface area contributed by atoms with Gasteiger partial charge < -0.3 is 14.9 Å². The molecule has 0 unspecified atom stereocenters. The van der Waals surface area contributed by atoms with Gasteiger partial charge in [-0.25, -0.2) is 4.79 Å². The maximum atomic E-state index is 11.4. The van der Waals surface area contributed by atoms with E-state index >= 15 is 0 Å². The van der Waals surface area contributed by atoms with Crippen molar-refractivity contribution in [2.75, 3.05) is 6.61 Å². The minimum absolute atomic E-state index is 0.0606. The third-order valence-electron chi connectivity index (χ3n) is 1.97. The molecule has 0 amide bonds. The quantitative estimate of drug-likeness (QED) is 0.741. The molecular weight excluding hydrogens is 210 g/mol. The van der Waals surface area contributed by atoms with Crippen molar-refractivity contribution in [2.24, 2.45) is 0 Å². The van der Waals surface area contributed by atoms with Gasteiger partial charge in [0.2, 0.25) is 0 Å². The summed E-state index contributed by atoms with van der Waals surface area (Å²) in [5, 5.41) is 27.3. The summed E-state index contributed by atoms with van der Waals surface area (Å²) in [7, 11) is 0. The van der Waals surface area contributed by atoms with Gasteiger partial charge in [0.25, 0.3) is 0 Å². The van der Waals surface area contributed by atoms with Crippen molar-refractivity contribution >= 4 is 5.97 Å². The van der Waals surface area contributed by atoms with Crippen molar-refractivity contribution in [3.8, 4) is 11.8 Å². The van der Waals surface area contributed by atoms with Gasteiger partial charge in [0.15, 0.2) is 0 Å². The number of phenolic OH excluding ortho intramolecular Hbond substituents is 1. The van der Waals surface area contributed by atoms with Crippen LogP contribution in [-0.4, -0.2) is 22.8 Å². The minimum Gasteiger partial charge on any atom is -0.506 e. The Labute approximate surface area is 92.5 Å². The van der Waals surface area contributed by atoms with Crippen LogP contribution in [0.3, 0.4) is 0 Å². The van der Waals surface area contributed by atoms with Gasteiger partial charge in [0, 0.05) is 0 Å². The number of carbonyl (C=O) groups is 1. The van der Waals surface area contributed by atoms with Crippen LogP contribution in [0.4, 0.5) is 0 Å². The van der Waals surface area contributed by atoms with Crippen LogP contribution in [0.25, 0.3) is 0 Å². The molecular formula is C11H11NO4. The maximum absolute atomic E-state index is 11.4. The average Bonchev–Trinajstić information content (AvgIpc) is 2.29. The molecule has 0 saturated heterocycles. The molecule has 1 aromatic carbocycles. The van der Waals surface area contributed by atoms with Crippen LogP contribution in [0.15, 0.2) is 12.1 Å². The number of nitrogens with zero attached hydrogens (tertiary/aromatic N) is 1. The van der Waals surface area contributed by atoms with Crippen LogP contribution in [0, 0.1) is 11.3 Å². The second-order valence-corrected chi connectivity index (χ2v) is 3.03. The molecule has 5 nitrogen and oxygen atoms in total. The number of nitriles is 1. The predicted octanol–water partition coefficient (Wildman–Crippen LogP) is 0.933. The standard InChI is InChI=1S/C11H11NO4/c1-2-16-11(15)9-4-7(6-13)3-8(5-12)10(9)14/h3-4,13-14H,2,6H2,1H3. The lowest BCUT2D eigenvalue weighted by Crippen LogP contribution is -2.06. The first kappa shape index (κ1) is 12.0. The summed E-state index contributed by atoms with van der Waals surface area (Å²) in [5.41, 5.74) is 0.206. The van der Waals surface area contributed by atoms with Crippen molar-refractivity contribution < 1.29 is 19.7 Å². The number of phenols is 1. The Bertz CT molecular complexity index is 448. The fourth-order valence-corrected chi connectivity index (χ4v) is 1.24. The predicted molar refractivity (Wildman–Crippen MR) is 54.7 cm³/mol. The second kappa shape index (κ2) is 5.14. The van der Waals surface area contributed by atoms with E-state index in [-0.39, 0.29) is 24.3 Å². The maximum Gasteiger partial charge on any atom is 0.341 e. The third-order valence-corrected chi connectivity index (χ3v) is 1.97. The minimum atomic E-state index is -0.716. The van der Waals surface area contributed by atoms with Crippen LogP contribution in [-0.2, 0) is 11.3 Å². The Kier molecular flexibility index (Phi) is 3.86. The first-order chi connectivity index (χ1) is 7.63. The summed E-state index contributed by atoms with van der Waals surface area (Å²) < 4.78 is 4.72. The van der Waals surface area contributed by atoms with Crippen LogP contribution >= 0.6 is 0 Å². The molecule has 84 valence electrons. The highest BCUT2D eigenvalue weighted by Crippen LogP contribution is 2.24. The van der Waals surface area contributed by atoms with Gasteiger partial charge in [0.1, 0.15) is 17.4 Å². The van der Waals surface area contributed by atoms with E-state index in [1.54, 1.807) is 13.0 Å². The molecule has 0 spiro atoms. The van der Waals surface area contributed by atoms with Crippen LogP contribution in [0.2, 0.25) is 0 Å². The number of aliphatic hydroxyl groups excluding tert-OH is 1. The molecule has 0 saturated carbocycles. The molecule has 0 atom stereocenters. The highest BCUT2D eigenvalue weighted by Gasteiger charge is 2.17. The molecule has 1 rings (SSSR count). The molecule has 0 aromatic heterocycles. The molecule has 0 aliphatic carbocycles. The lowest BCUT2D eigenvalue weighted by atomic mass is 10.0. The molecule has 0 radical (unpaired) electrons. The third kappa shape index (κ3) is 2.30. The topological polar surface area (TPSA) is 90.5 Å². The lowest BCUT2D eigenvalue weighted by Gasteiger charge is -2.07. The van der Waals surface area contributed by atoms with Crippen molar-refractivity contribution in [1.82, 2.24) is 0 Å². The molecule has 0 aliphatic heterocycles. The van der Waals surface area contributed by atoms with Gasteiger partial charge in [-0.05, 0) is 24.6 Å². The number of hydrogen-bond donors (Lipinski definition) is 2. The fraction of sp³-hybridized carbons (Fsp3) is 0.273. The highest BCUT2D eigenvalue weighted by atomic mass is 16.5. The van der Waals surface area contributed by atoms with E-state index in [0.29, 0.717) is 5.56 Å². The van der Waals surface area contributed by atoms with Crippen molar-refractivity contribution in [1.29, 1.82) is 5.26 Å². The monoisotopic (exact) mass is 221 g/mol. The largest absolute Gasteiger partial charge is 0.506 e. The molecule has 2 N–H and O–H groups in total. The summed E-state index contributed by atoms with van der Waals surface area (Å²) in [4.78, 5) is 11.4. The summed E-state index contributed by atoms with van der Waals surface area (Å²) in [6, 6.07) is 4.36. The number of hydrogen-bond acceptors (Lipinski definition) is 5. The number of benzene rings is 1. The molecule has 0 fully saturated rings. The smallest absolute Gasteiger partial charge is 0.341 e. The van der Waals surface area contributed by atoms with Crippen LogP contribution in [0.5, 0.6) is 5.75 Å². The molecule has 0 bridgehead atoms. The normalized spacial score (nSPS) is 9.56. The van der Waals surface area contributed by atoms with Gasteiger partial charge in [0.05, 0.1) is 18.8 Å².